The quantitative estimate of drug-likeness (QED) is 0.104. The van der Waals surface area contributed by atoms with Crippen LogP contribution in [-0.2, 0) is 0 Å². The van der Waals surface area contributed by atoms with Gasteiger partial charge in [0.2, 0.25) is 0 Å². The molecule has 10 heteroatoms. The Morgan fingerprint density at radius 3 is 0.587 bits per heavy atom. The molecule has 0 N–H and O–H groups in total. The van der Waals surface area contributed by atoms with Crippen LogP contribution in [0.25, 0.3) is 180 Å². The number of hydrogen-bond acceptors (Lipinski definition) is 10. The zero-order valence-electron chi connectivity index (χ0n) is 56.3. The SMILES string of the molecule is c1ccc(-c2cc(-c3ccc(-c4cccc5cccc(-c6nc(-c7ccccc7)nc(-c7ccccc7)n6)c45)cc3)nc(-c3ccccc3)n2)cc1.c1ccc(-c2cc(-c3ccccc3)nc(-c3ccc(-c4cccc5cccc(-c6nc(-c7ccccc7)nc(-c7ccccc7)n6)c45)cc3)n2)cc1. The molecule has 0 saturated carbocycles. The van der Waals surface area contributed by atoms with E-state index in [1.54, 1.807) is 0 Å². The van der Waals surface area contributed by atoms with E-state index in [9.17, 15) is 0 Å². The molecule has 104 heavy (non-hydrogen) atoms. The van der Waals surface area contributed by atoms with Gasteiger partial charge in [0.15, 0.2) is 46.6 Å². The maximum absolute atomic E-state index is 5.07. The van der Waals surface area contributed by atoms with Crippen molar-refractivity contribution in [2.45, 2.75) is 0 Å². The normalized spacial score (nSPS) is 11.1. The van der Waals surface area contributed by atoms with Crippen molar-refractivity contribution in [2.24, 2.45) is 0 Å². The molecular formula is C94H62N10. The zero-order chi connectivity index (χ0) is 69.4. The van der Waals surface area contributed by atoms with Gasteiger partial charge >= 0.3 is 0 Å². The molecule has 0 aliphatic heterocycles. The van der Waals surface area contributed by atoms with Gasteiger partial charge < -0.3 is 0 Å². The number of hydrogen-bond donors (Lipinski definition) is 0. The van der Waals surface area contributed by atoms with Gasteiger partial charge in [0.25, 0.3) is 0 Å². The van der Waals surface area contributed by atoms with Gasteiger partial charge in [-0.05, 0) is 45.2 Å². The van der Waals surface area contributed by atoms with Crippen molar-refractivity contribution >= 4 is 21.5 Å². The molecule has 0 bridgehead atoms. The lowest BCUT2D eigenvalue weighted by Gasteiger charge is -2.14. The second-order valence-corrected chi connectivity index (χ2v) is 25.0. The number of rotatable bonds is 14. The van der Waals surface area contributed by atoms with E-state index in [2.05, 4.69) is 170 Å². The van der Waals surface area contributed by atoms with Crippen molar-refractivity contribution < 1.29 is 0 Å². The summed E-state index contributed by atoms with van der Waals surface area (Å²) in [6.45, 7) is 0. The van der Waals surface area contributed by atoms with E-state index in [-0.39, 0.29) is 0 Å². The summed E-state index contributed by atoms with van der Waals surface area (Å²) in [5.74, 6) is 5.18. The third-order valence-electron chi connectivity index (χ3n) is 18.3. The second kappa shape index (κ2) is 28.9. The van der Waals surface area contributed by atoms with Crippen molar-refractivity contribution in [2.75, 3.05) is 0 Å². The monoisotopic (exact) mass is 1330 g/mol. The van der Waals surface area contributed by atoms with Crippen LogP contribution in [0.2, 0.25) is 0 Å². The molecule has 0 atom stereocenters. The summed E-state index contributed by atoms with van der Waals surface area (Å²) >= 11 is 0. The molecule has 0 fully saturated rings. The fourth-order valence-corrected chi connectivity index (χ4v) is 13.2. The number of aromatic nitrogens is 10. The van der Waals surface area contributed by atoms with Crippen molar-refractivity contribution in [1.82, 2.24) is 49.8 Å². The molecule has 0 amide bonds. The molecule has 18 rings (SSSR count). The molecule has 18 aromatic rings. The molecular weight excluding hydrogens is 1270 g/mol. The first kappa shape index (κ1) is 63.2. The minimum absolute atomic E-state index is 0.627. The van der Waals surface area contributed by atoms with Crippen LogP contribution >= 0.6 is 0 Å². The fourth-order valence-electron chi connectivity index (χ4n) is 13.2. The van der Waals surface area contributed by atoms with E-state index in [1.165, 1.54) is 0 Å². The van der Waals surface area contributed by atoms with E-state index < -0.39 is 0 Å². The van der Waals surface area contributed by atoms with Crippen LogP contribution in [0.3, 0.4) is 0 Å². The average Bonchev–Trinajstić information content (AvgIpc) is 0.768. The average molecular weight is 1330 g/mol. The third kappa shape index (κ3) is 13.4. The highest BCUT2D eigenvalue weighted by molar-refractivity contribution is 6.07. The molecule has 0 radical (unpaired) electrons. The zero-order valence-corrected chi connectivity index (χ0v) is 56.3. The van der Waals surface area contributed by atoms with Crippen LogP contribution in [-0.4, -0.2) is 49.8 Å². The molecule has 4 aromatic heterocycles. The Morgan fingerprint density at radius 2 is 0.317 bits per heavy atom. The smallest absolute Gasteiger partial charge is 0.164 e. The van der Waals surface area contributed by atoms with Gasteiger partial charge in [0.05, 0.1) is 22.8 Å². The molecule has 0 aliphatic rings. The molecule has 14 aromatic carbocycles. The molecule has 488 valence electrons. The first-order valence-electron chi connectivity index (χ1n) is 34.5. The molecule has 0 unspecified atom stereocenters. The van der Waals surface area contributed by atoms with Crippen molar-refractivity contribution in [3.8, 4) is 158 Å². The van der Waals surface area contributed by atoms with Crippen LogP contribution in [0.5, 0.6) is 0 Å². The van der Waals surface area contributed by atoms with Gasteiger partial charge in [-0.15, -0.1) is 0 Å². The van der Waals surface area contributed by atoms with E-state index in [4.69, 9.17) is 49.8 Å². The lowest BCUT2D eigenvalue weighted by Crippen LogP contribution is -2.00. The molecule has 10 nitrogen and oxygen atoms in total. The van der Waals surface area contributed by atoms with E-state index in [0.29, 0.717) is 46.6 Å². The highest BCUT2D eigenvalue weighted by Gasteiger charge is 2.21. The number of fused-ring (bicyclic) bond motifs is 2. The molecule has 4 heterocycles. The minimum atomic E-state index is 0.627. The van der Waals surface area contributed by atoms with Crippen LogP contribution < -0.4 is 0 Å². The Balaban J connectivity index is 0.000000154. The standard InChI is InChI=1S/2C47H31N5/c1-5-15-33(16-6-1)41-31-42(49-44(48-41)36-17-7-2-8-18-36)34-29-27-32(28-30-34)39-25-13-23-35-24-14-26-40(43(35)39)47-51-45(37-19-9-3-10-20-37)50-46(52-47)38-21-11-4-12-22-38;1-5-15-33(16-6-1)41-31-42(34-17-7-2-8-18-34)49-44(48-41)38-29-27-32(28-30-38)39-25-13-23-35-24-14-26-40(43(35)39)47-51-45(36-19-9-3-10-20-36)50-46(52-47)37-21-11-4-12-22-37/h2*1-31H. The summed E-state index contributed by atoms with van der Waals surface area (Å²) in [7, 11) is 0. The third-order valence-corrected chi connectivity index (χ3v) is 18.3. The Kier molecular flexibility index (Phi) is 17.6. The van der Waals surface area contributed by atoms with Crippen molar-refractivity contribution in [1.29, 1.82) is 0 Å². The van der Waals surface area contributed by atoms with E-state index in [0.717, 1.165) is 133 Å². The highest BCUT2D eigenvalue weighted by Crippen LogP contribution is 2.41. The lowest BCUT2D eigenvalue weighted by molar-refractivity contribution is 1.08. The fraction of sp³-hybridized carbons (Fsp3) is 0. The van der Waals surface area contributed by atoms with Crippen LogP contribution in [0.15, 0.2) is 376 Å². The maximum atomic E-state index is 5.07. The summed E-state index contributed by atoms with van der Waals surface area (Å²) in [6, 6.07) is 128. The Labute approximate surface area is 602 Å². The highest BCUT2D eigenvalue weighted by atomic mass is 15.0. The first-order chi connectivity index (χ1) is 51.5. The largest absolute Gasteiger partial charge is 0.228 e. The maximum Gasteiger partial charge on any atom is 0.164 e. The minimum Gasteiger partial charge on any atom is -0.228 e. The van der Waals surface area contributed by atoms with Gasteiger partial charge in [0, 0.05) is 77.5 Å². The molecule has 0 saturated heterocycles. The van der Waals surface area contributed by atoms with E-state index >= 15 is 0 Å². The Morgan fingerprint density at radius 1 is 0.125 bits per heavy atom. The summed E-state index contributed by atoms with van der Waals surface area (Å²) in [4.78, 5) is 50.2. The molecule has 0 spiro atoms. The van der Waals surface area contributed by atoms with Crippen molar-refractivity contribution in [3.63, 3.8) is 0 Å². The van der Waals surface area contributed by atoms with Crippen LogP contribution in [0.1, 0.15) is 0 Å². The van der Waals surface area contributed by atoms with Gasteiger partial charge in [-0.25, -0.2) is 49.8 Å². The van der Waals surface area contributed by atoms with Crippen molar-refractivity contribution in [3.05, 3.63) is 376 Å². The predicted molar refractivity (Wildman–Crippen MR) is 422 cm³/mol. The number of benzene rings is 14. The van der Waals surface area contributed by atoms with Gasteiger partial charge in [-0.3, -0.25) is 0 Å². The van der Waals surface area contributed by atoms with Crippen LogP contribution in [0, 0.1) is 0 Å². The summed E-state index contributed by atoms with van der Waals surface area (Å²) < 4.78 is 0. The summed E-state index contributed by atoms with van der Waals surface area (Å²) in [5.41, 5.74) is 19.6. The van der Waals surface area contributed by atoms with Gasteiger partial charge in [0.1, 0.15) is 0 Å². The Bertz CT molecular complexity index is 5420. The second-order valence-electron chi connectivity index (χ2n) is 25.0. The summed E-state index contributed by atoms with van der Waals surface area (Å²) in [6.07, 6.45) is 0. The van der Waals surface area contributed by atoms with Gasteiger partial charge in [-0.1, -0.05) is 364 Å². The number of nitrogens with zero attached hydrogens (tertiary/aromatic N) is 10. The van der Waals surface area contributed by atoms with E-state index in [1.807, 2.05) is 206 Å². The topological polar surface area (TPSA) is 129 Å². The summed E-state index contributed by atoms with van der Waals surface area (Å²) in [5, 5.41) is 4.38. The lowest BCUT2D eigenvalue weighted by atomic mass is 9.93. The first-order valence-corrected chi connectivity index (χ1v) is 34.5. The van der Waals surface area contributed by atoms with Gasteiger partial charge in [-0.2, -0.15) is 0 Å². The predicted octanol–water partition coefficient (Wildman–Crippen LogP) is 23.0. The van der Waals surface area contributed by atoms with Crippen LogP contribution in [0.4, 0.5) is 0 Å². The molecule has 0 aliphatic carbocycles. The Hall–Kier alpha value is -14.2.